The van der Waals surface area contributed by atoms with Crippen LogP contribution in [0.1, 0.15) is 12.0 Å². The number of nitriles is 1. The Balaban J connectivity index is 2.69. The first kappa shape index (κ1) is 15.2. The highest BCUT2D eigenvalue weighted by atomic mass is 16.5. The van der Waals surface area contributed by atoms with E-state index in [2.05, 4.69) is 5.32 Å². The molecule has 102 valence electrons. The SMILES string of the molecule is COC(=O)C(NCc1ccccc1)C(CC#N)OC. The van der Waals surface area contributed by atoms with Gasteiger partial charge in [-0.3, -0.25) is 10.1 Å². The predicted molar refractivity (Wildman–Crippen MR) is 70.1 cm³/mol. The van der Waals surface area contributed by atoms with Gasteiger partial charge in [0.15, 0.2) is 0 Å². The minimum atomic E-state index is -0.658. The van der Waals surface area contributed by atoms with E-state index >= 15 is 0 Å². The molecule has 1 rings (SSSR count). The van der Waals surface area contributed by atoms with E-state index in [0.717, 1.165) is 5.56 Å². The Morgan fingerprint density at radius 2 is 2.05 bits per heavy atom. The summed E-state index contributed by atoms with van der Waals surface area (Å²) in [6.07, 6.45) is -0.404. The molecule has 2 unspecified atom stereocenters. The van der Waals surface area contributed by atoms with Crippen molar-refractivity contribution in [1.82, 2.24) is 5.32 Å². The van der Waals surface area contributed by atoms with E-state index in [1.807, 2.05) is 36.4 Å². The van der Waals surface area contributed by atoms with Crippen molar-refractivity contribution in [3.8, 4) is 6.07 Å². The van der Waals surface area contributed by atoms with E-state index in [0.29, 0.717) is 6.54 Å². The van der Waals surface area contributed by atoms with Gasteiger partial charge in [0.2, 0.25) is 0 Å². The molecular formula is C14H18N2O3. The lowest BCUT2D eigenvalue weighted by molar-refractivity contribution is -0.146. The van der Waals surface area contributed by atoms with Crippen molar-refractivity contribution in [2.24, 2.45) is 0 Å². The van der Waals surface area contributed by atoms with Crippen LogP contribution in [0, 0.1) is 11.3 Å². The van der Waals surface area contributed by atoms with E-state index in [-0.39, 0.29) is 6.42 Å². The number of carbonyl (C=O) groups excluding carboxylic acids is 1. The van der Waals surface area contributed by atoms with Gasteiger partial charge in [0, 0.05) is 13.7 Å². The molecule has 0 bridgehead atoms. The van der Waals surface area contributed by atoms with Crippen molar-refractivity contribution in [2.45, 2.75) is 25.1 Å². The Morgan fingerprint density at radius 3 is 2.58 bits per heavy atom. The van der Waals surface area contributed by atoms with Crippen molar-refractivity contribution >= 4 is 5.97 Å². The largest absolute Gasteiger partial charge is 0.468 e. The van der Waals surface area contributed by atoms with Crippen molar-refractivity contribution in [3.05, 3.63) is 35.9 Å². The van der Waals surface area contributed by atoms with Crippen LogP contribution in [-0.2, 0) is 20.8 Å². The third-order valence-electron chi connectivity index (χ3n) is 2.79. The van der Waals surface area contributed by atoms with Crippen LogP contribution in [0.5, 0.6) is 0 Å². The predicted octanol–water partition coefficient (Wildman–Crippen LogP) is 1.25. The number of benzene rings is 1. The normalized spacial score (nSPS) is 13.3. The van der Waals surface area contributed by atoms with E-state index in [1.165, 1.54) is 14.2 Å². The molecular weight excluding hydrogens is 244 g/mol. The van der Waals surface area contributed by atoms with Crippen LogP contribution in [0.3, 0.4) is 0 Å². The molecule has 0 spiro atoms. The third-order valence-corrected chi connectivity index (χ3v) is 2.79. The minimum absolute atomic E-state index is 0.123. The highest BCUT2D eigenvalue weighted by Gasteiger charge is 2.28. The Kier molecular flexibility index (Phi) is 6.58. The molecule has 0 aliphatic heterocycles. The summed E-state index contributed by atoms with van der Waals surface area (Å²) in [6, 6.07) is 11.0. The molecule has 0 heterocycles. The van der Waals surface area contributed by atoms with Crippen LogP contribution < -0.4 is 5.32 Å². The topological polar surface area (TPSA) is 71.3 Å². The van der Waals surface area contributed by atoms with Crippen molar-refractivity contribution in [1.29, 1.82) is 5.26 Å². The molecule has 0 amide bonds. The summed E-state index contributed by atoms with van der Waals surface area (Å²) < 4.78 is 9.92. The Hall–Kier alpha value is -1.90. The quantitative estimate of drug-likeness (QED) is 0.749. The van der Waals surface area contributed by atoms with Gasteiger partial charge in [0.05, 0.1) is 25.7 Å². The molecule has 1 aromatic carbocycles. The van der Waals surface area contributed by atoms with Gasteiger partial charge < -0.3 is 9.47 Å². The van der Waals surface area contributed by atoms with Gasteiger partial charge in [0.25, 0.3) is 0 Å². The number of esters is 1. The van der Waals surface area contributed by atoms with E-state index in [9.17, 15) is 4.79 Å². The molecule has 0 saturated heterocycles. The van der Waals surface area contributed by atoms with Gasteiger partial charge in [-0.05, 0) is 5.56 Å². The molecule has 1 N–H and O–H groups in total. The average molecular weight is 262 g/mol. The van der Waals surface area contributed by atoms with E-state index in [1.54, 1.807) is 0 Å². The monoisotopic (exact) mass is 262 g/mol. The number of rotatable bonds is 7. The number of ether oxygens (including phenoxy) is 2. The molecule has 0 aliphatic carbocycles. The number of nitrogens with one attached hydrogen (secondary N) is 1. The zero-order valence-electron chi connectivity index (χ0n) is 11.1. The van der Waals surface area contributed by atoms with Gasteiger partial charge in [-0.25, -0.2) is 0 Å². The molecule has 0 aliphatic rings. The lowest BCUT2D eigenvalue weighted by Gasteiger charge is -2.23. The molecule has 0 aromatic heterocycles. The first-order chi connectivity index (χ1) is 9.22. The summed E-state index contributed by atoms with van der Waals surface area (Å²) in [4.78, 5) is 11.7. The molecule has 5 nitrogen and oxygen atoms in total. The average Bonchev–Trinajstić information content (AvgIpc) is 2.46. The number of nitrogens with zero attached hydrogens (tertiary/aromatic N) is 1. The fourth-order valence-corrected chi connectivity index (χ4v) is 1.74. The molecule has 2 atom stereocenters. The summed E-state index contributed by atoms with van der Waals surface area (Å²) in [5.74, 6) is -0.432. The second-order valence-electron chi connectivity index (χ2n) is 4.00. The van der Waals surface area contributed by atoms with E-state index < -0.39 is 18.1 Å². The second kappa shape index (κ2) is 8.25. The zero-order chi connectivity index (χ0) is 14.1. The number of carbonyl (C=O) groups is 1. The van der Waals surface area contributed by atoms with Crippen LogP contribution in [0.15, 0.2) is 30.3 Å². The smallest absolute Gasteiger partial charge is 0.325 e. The molecule has 0 fully saturated rings. The maximum atomic E-state index is 11.7. The first-order valence-electron chi connectivity index (χ1n) is 5.97. The molecule has 0 radical (unpaired) electrons. The van der Waals surface area contributed by atoms with E-state index in [4.69, 9.17) is 14.7 Å². The fraction of sp³-hybridized carbons (Fsp3) is 0.429. The summed E-state index contributed by atoms with van der Waals surface area (Å²) in [5, 5.41) is 11.8. The Morgan fingerprint density at radius 1 is 1.37 bits per heavy atom. The van der Waals surface area contributed by atoms with Gasteiger partial charge in [-0.15, -0.1) is 0 Å². The standard InChI is InChI=1S/C14H18N2O3/c1-18-12(8-9-15)13(14(17)19-2)16-10-11-6-4-3-5-7-11/h3-7,12-13,16H,8,10H2,1-2H3. The molecule has 19 heavy (non-hydrogen) atoms. The third kappa shape index (κ3) is 4.70. The zero-order valence-corrected chi connectivity index (χ0v) is 11.1. The molecule has 0 saturated carbocycles. The van der Waals surface area contributed by atoms with Crippen LogP contribution >= 0.6 is 0 Å². The van der Waals surface area contributed by atoms with Gasteiger partial charge >= 0.3 is 5.97 Å². The van der Waals surface area contributed by atoms with Gasteiger partial charge in [-0.1, -0.05) is 30.3 Å². The van der Waals surface area contributed by atoms with Crippen LogP contribution in [0.4, 0.5) is 0 Å². The molecule has 1 aromatic rings. The lowest BCUT2D eigenvalue weighted by atomic mass is 10.1. The lowest BCUT2D eigenvalue weighted by Crippen LogP contribution is -2.47. The number of hydrogen-bond acceptors (Lipinski definition) is 5. The van der Waals surface area contributed by atoms with Gasteiger partial charge in [0.1, 0.15) is 6.04 Å². The van der Waals surface area contributed by atoms with Crippen LogP contribution in [0.2, 0.25) is 0 Å². The van der Waals surface area contributed by atoms with Crippen LogP contribution in [-0.4, -0.2) is 32.3 Å². The number of methoxy groups -OCH3 is 2. The van der Waals surface area contributed by atoms with Crippen molar-refractivity contribution in [3.63, 3.8) is 0 Å². The highest BCUT2D eigenvalue weighted by Crippen LogP contribution is 2.07. The van der Waals surface area contributed by atoms with Gasteiger partial charge in [-0.2, -0.15) is 5.26 Å². The van der Waals surface area contributed by atoms with Crippen LogP contribution in [0.25, 0.3) is 0 Å². The second-order valence-corrected chi connectivity index (χ2v) is 4.00. The summed E-state index contributed by atoms with van der Waals surface area (Å²) in [5.41, 5.74) is 1.04. The van der Waals surface area contributed by atoms with Crippen molar-refractivity contribution in [2.75, 3.05) is 14.2 Å². The van der Waals surface area contributed by atoms with Crippen molar-refractivity contribution < 1.29 is 14.3 Å². The fourth-order valence-electron chi connectivity index (χ4n) is 1.74. The first-order valence-corrected chi connectivity index (χ1v) is 5.97. The molecule has 5 heteroatoms. The highest BCUT2D eigenvalue weighted by molar-refractivity contribution is 5.76. The summed E-state index contributed by atoms with van der Waals surface area (Å²) >= 11 is 0. The maximum Gasteiger partial charge on any atom is 0.325 e. The Labute approximate surface area is 113 Å². The number of hydrogen-bond donors (Lipinski definition) is 1. The summed E-state index contributed by atoms with van der Waals surface area (Å²) in [6.45, 7) is 0.506. The minimum Gasteiger partial charge on any atom is -0.468 e. The Bertz CT molecular complexity index is 428. The maximum absolute atomic E-state index is 11.7. The summed E-state index contributed by atoms with van der Waals surface area (Å²) in [7, 11) is 2.79.